The number of ketones is 1. The normalized spacial score (nSPS) is 17.9. The molecule has 0 fully saturated rings. The zero-order chi connectivity index (χ0) is 23.9. The Morgan fingerprint density at radius 2 is 1.79 bits per heavy atom. The van der Waals surface area contributed by atoms with Crippen LogP contribution in [0.2, 0.25) is 0 Å². The minimum Gasteiger partial charge on any atom is -0.465 e. The van der Waals surface area contributed by atoms with Crippen LogP contribution in [0.4, 0.5) is 0 Å². The third-order valence-electron chi connectivity index (χ3n) is 5.58. The first-order chi connectivity index (χ1) is 16.5. The maximum absolute atomic E-state index is 13.0. The van der Waals surface area contributed by atoms with Gasteiger partial charge in [-0.3, -0.25) is 9.59 Å². The first-order valence-corrected chi connectivity index (χ1v) is 11.9. The lowest BCUT2D eigenvalue weighted by Gasteiger charge is -2.29. The van der Waals surface area contributed by atoms with Gasteiger partial charge in [0.15, 0.2) is 5.78 Å². The average Bonchev–Trinajstić information content (AvgIpc) is 3.39. The molecule has 1 aromatic heterocycles. The van der Waals surface area contributed by atoms with Crippen molar-refractivity contribution in [3.63, 3.8) is 0 Å². The van der Waals surface area contributed by atoms with Gasteiger partial charge in [-0.1, -0.05) is 48.5 Å². The highest BCUT2D eigenvalue weighted by molar-refractivity contribution is 7.11. The van der Waals surface area contributed by atoms with Crippen molar-refractivity contribution in [3.8, 4) is 5.75 Å². The summed E-state index contributed by atoms with van der Waals surface area (Å²) < 4.78 is 10.6. The van der Waals surface area contributed by atoms with E-state index in [0.717, 1.165) is 21.6 Å². The molecule has 0 radical (unpaired) electrons. The van der Waals surface area contributed by atoms with Crippen LogP contribution in [-0.2, 0) is 19.1 Å². The van der Waals surface area contributed by atoms with E-state index in [0.29, 0.717) is 12.2 Å². The molecule has 0 amide bonds. The number of carbonyl (C=O) groups is 3. The Kier molecular flexibility index (Phi) is 7.50. The van der Waals surface area contributed by atoms with Crippen molar-refractivity contribution in [1.82, 2.24) is 0 Å². The molecule has 1 heterocycles. The molecule has 0 aliphatic heterocycles. The summed E-state index contributed by atoms with van der Waals surface area (Å²) in [6, 6.07) is 20.3. The van der Waals surface area contributed by atoms with Crippen molar-refractivity contribution in [2.24, 2.45) is 5.92 Å². The summed E-state index contributed by atoms with van der Waals surface area (Å²) >= 11 is 1.56. The Hall–Kier alpha value is -3.77. The predicted octanol–water partition coefficient (Wildman–Crippen LogP) is 5.69. The van der Waals surface area contributed by atoms with Gasteiger partial charge in [-0.2, -0.15) is 0 Å². The minimum atomic E-state index is -0.897. The van der Waals surface area contributed by atoms with Crippen molar-refractivity contribution in [2.45, 2.75) is 19.3 Å². The number of hydrogen-bond donors (Lipinski definition) is 0. The zero-order valence-corrected chi connectivity index (χ0v) is 19.5. The van der Waals surface area contributed by atoms with E-state index in [1.807, 2.05) is 47.8 Å². The molecule has 1 aliphatic carbocycles. The second kappa shape index (κ2) is 10.9. The molecule has 2 unspecified atom stereocenters. The Bertz CT molecular complexity index is 1210. The second-order valence-corrected chi connectivity index (χ2v) is 8.77. The van der Waals surface area contributed by atoms with Gasteiger partial charge in [0.1, 0.15) is 11.7 Å². The molecule has 0 saturated heterocycles. The smallest absolute Gasteiger partial charge is 0.336 e. The summed E-state index contributed by atoms with van der Waals surface area (Å²) in [6.45, 7) is 1.94. The van der Waals surface area contributed by atoms with Crippen LogP contribution in [0.25, 0.3) is 11.6 Å². The van der Waals surface area contributed by atoms with Gasteiger partial charge in [0.05, 0.1) is 6.61 Å². The van der Waals surface area contributed by atoms with E-state index in [4.69, 9.17) is 9.47 Å². The van der Waals surface area contributed by atoms with E-state index < -0.39 is 17.9 Å². The molecule has 0 N–H and O–H groups in total. The van der Waals surface area contributed by atoms with Crippen molar-refractivity contribution in [3.05, 3.63) is 100 Å². The predicted molar refractivity (Wildman–Crippen MR) is 132 cm³/mol. The number of ether oxygens (including phenoxy) is 2. The number of benzene rings is 2. The molecule has 5 nitrogen and oxygen atoms in total. The van der Waals surface area contributed by atoms with Crippen LogP contribution in [-0.4, -0.2) is 24.3 Å². The van der Waals surface area contributed by atoms with Crippen LogP contribution in [0.5, 0.6) is 5.75 Å². The van der Waals surface area contributed by atoms with Gasteiger partial charge in [0.25, 0.3) is 0 Å². The third kappa shape index (κ3) is 5.58. The highest BCUT2D eigenvalue weighted by atomic mass is 32.1. The summed E-state index contributed by atoms with van der Waals surface area (Å²) in [5, 5.41) is 1.96. The van der Waals surface area contributed by atoms with Gasteiger partial charge in [0, 0.05) is 16.9 Å². The van der Waals surface area contributed by atoms with Crippen molar-refractivity contribution in [1.29, 1.82) is 0 Å². The number of carbonyl (C=O) groups excluding carboxylic acids is 3. The number of rotatable bonds is 7. The Morgan fingerprint density at radius 1 is 1.03 bits per heavy atom. The molecule has 4 rings (SSSR count). The quantitative estimate of drug-likeness (QED) is 0.191. The number of thiophene rings is 1. The molecule has 6 heteroatoms. The fraction of sp³-hybridized carbons (Fsp3) is 0.179. The van der Waals surface area contributed by atoms with Gasteiger partial charge >= 0.3 is 11.9 Å². The van der Waals surface area contributed by atoms with Crippen molar-refractivity contribution < 1.29 is 23.9 Å². The molecule has 0 bridgehead atoms. The highest BCUT2D eigenvalue weighted by Crippen LogP contribution is 2.41. The lowest BCUT2D eigenvalue weighted by Crippen LogP contribution is -2.33. The van der Waals surface area contributed by atoms with E-state index in [1.54, 1.807) is 54.7 Å². The first-order valence-electron chi connectivity index (χ1n) is 11.0. The molecule has 0 spiro atoms. The van der Waals surface area contributed by atoms with Gasteiger partial charge in [-0.05, 0) is 65.8 Å². The fourth-order valence-electron chi connectivity index (χ4n) is 3.99. The van der Waals surface area contributed by atoms with Crippen molar-refractivity contribution in [2.75, 3.05) is 6.61 Å². The summed E-state index contributed by atoms with van der Waals surface area (Å²) in [5.74, 6) is -2.13. The van der Waals surface area contributed by atoms with E-state index >= 15 is 0 Å². The van der Waals surface area contributed by atoms with E-state index in [2.05, 4.69) is 0 Å². The molecular weight excluding hydrogens is 448 g/mol. The standard InChI is InChI=1S/C28H24O5S/c1-2-32-28(31)27-23(17-21(18-24(27)29)25-9-6-16-34-25)20-11-13-22(14-12-20)33-26(30)15-10-19-7-4-3-5-8-19/h3-16,18,23,27H,2,17H2,1H3/b15-10-. The van der Waals surface area contributed by atoms with Crippen LogP contribution >= 0.6 is 11.3 Å². The minimum absolute atomic E-state index is 0.211. The van der Waals surface area contributed by atoms with Gasteiger partial charge in [-0.15, -0.1) is 11.3 Å². The third-order valence-corrected chi connectivity index (χ3v) is 6.53. The van der Waals surface area contributed by atoms with Crippen LogP contribution < -0.4 is 4.74 Å². The zero-order valence-electron chi connectivity index (χ0n) is 18.7. The monoisotopic (exact) mass is 472 g/mol. The maximum atomic E-state index is 13.0. The van der Waals surface area contributed by atoms with Crippen molar-refractivity contribution >= 4 is 40.7 Å². The largest absolute Gasteiger partial charge is 0.465 e. The van der Waals surface area contributed by atoms with Gasteiger partial charge in [-0.25, -0.2) is 4.79 Å². The Balaban J connectivity index is 1.52. The molecular formula is C28H24O5S. The highest BCUT2D eigenvalue weighted by Gasteiger charge is 2.39. The topological polar surface area (TPSA) is 69.7 Å². The van der Waals surface area contributed by atoms with Crippen LogP contribution in [0.1, 0.15) is 35.3 Å². The summed E-state index contributed by atoms with van der Waals surface area (Å²) in [5.41, 5.74) is 2.62. The number of hydrogen-bond acceptors (Lipinski definition) is 6. The molecule has 0 saturated carbocycles. The lowest BCUT2D eigenvalue weighted by molar-refractivity contribution is -0.151. The molecule has 2 aromatic carbocycles. The summed E-state index contributed by atoms with van der Waals surface area (Å²) in [7, 11) is 0. The Labute approximate surface area is 202 Å². The SMILES string of the molecule is CCOC(=O)C1C(=O)C=C(c2cccs2)CC1c1ccc(OC(=O)/C=C\c2ccccc2)cc1. The fourth-order valence-corrected chi connectivity index (χ4v) is 4.75. The molecule has 172 valence electrons. The van der Waals surface area contributed by atoms with E-state index in [-0.39, 0.29) is 18.3 Å². The average molecular weight is 473 g/mol. The van der Waals surface area contributed by atoms with Crippen LogP contribution in [0.3, 0.4) is 0 Å². The van der Waals surface area contributed by atoms with Gasteiger partial charge < -0.3 is 9.47 Å². The van der Waals surface area contributed by atoms with E-state index in [9.17, 15) is 14.4 Å². The van der Waals surface area contributed by atoms with E-state index in [1.165, 1.54) is 6.08 Å². The molecule has 1 aliphatic rings. The van der Waals surface area contributed by atoms with Crippen LogP contribution in [0.15, 0.2) is 84.3 Å². The summed E-state index contributed by atoms with van der Waals surface area (Å²) in [6.07, 6.45) is 5.17. The maximum Gasteiger partial charge on any atom is 0.336 e. The molecule has 2 atom stereocenters. The second-order valence-electron chi connectivity index (χ2n) is 7.82. The Morgan fingerprint density at radius 3 is 2.47 bits per heavy atom. The van der Waals surface area contributed by atoms with Gasteiger partial charge in [0.2, 0.25) is 0 Å². The molecule has 34 heavy (non-hydrogen) atoms. The number of allylic oxidation sites excluding steroid dienone is 2. The summed E-state index contributed by atoms with van der Waals surface area (Å²) in [4.78, 5) is 38.8. The van der Waals surface area contributed by atoms with Crippen LogP contribution in [0, 0.1) is 5.92 Å². The number of esters is 2. The first kappa shape index (κ1) is 23.4. The lowest BCUT2D eigenvalue weighted by atomic mass is 9.74. The molecule has 3 aromatic rings.